The Bertz CT molecular complexity index is 1020. The predicted molar refractivity (Wildman–Crippen MR) is 122 cm³/mol. The lowest BCUT2D eigenvalue weighted by molar-refractivity contribution is -0.179. The zero-order valence-corrected chi connectivity index (χ0v) is 21.0. The van der Waals surface area contributed by atoms with Gasteiger partial charge in [0, 0.05) is 4.75 Å². The van der Waals surface area contributed by atoms with E-state index in [-0.39, 0.29) is 16.2 Å². The minimum atomic E-state index is -4.02. The number of nitrogens with zero attached hydrogens (tertiary/aromatic N) is 1. The first-order valence-electron chi connectivity index (χ1n) is 10.1. The van der Waals surface area contributed by atoms with Gasteiger partial charge in [0.1, 0.15) is 17.5 Å². The van der Waals surface area contributed by atoms with Crippen LogP contribution in [0.1, 0.15) is 40.2 Å². The summed E-state index contributed by atoms with van der Waals surface area (Å²) in [5.74, 6) is -1.29. The summed E-state index contributed by atoms with van der Waals surface area (Å²) in [6, 6.07) is 4.70. The Morgan fingerprint density at radius 3 is 2.21 bits per heavy atom. The van der Waals surface area contributed by atoms with Crippen molar-refractivity contribution < 1.29 is 36.8 Å². The smallest absolute Gasteiger partial charge is 0.333 e. The normalized spacial score (nSPS) is 23.6. The van der Waals surface area contributed by atoms with Crippen LogP contribution in [0, 0.1) is 12.3 Å². The maximum atomic E-state index is 12.3. The first kappa shape index (κ1) is 27.1. The van der Waals surface area contributed by atoms with Crippen LogP contribution in [-0.4, -0.2) is 64.7 Å². The highest BCUT2D eigenvalue weighted by molar-refractivity contribution is 8.01. The molecule has 2 fully saturated rings. The van der Waals surface area contributed by atoms with Crippen molar-refractivity contribution in [3.05, 3.63) is 29.8 Å². The lowest BCUT2D eigenvalue weighted by Gasteiger charge is -2.41. The van der Waals surface area contributed by atoms with Crippen molar-refractivity contribution in [2.24, 2.45) is 11.1 Å². The van der Waals surface area contributed by atoms with Gasteiger partial charge in [-0.25, -0.2) is 4.79 Å². The number of ether oxygens (including phenoxy) is 2. The fraction of sp³-hybridized carbons (Fsp3) is 0.571. The minimum Gasteiger partial charge on any atom is -0.427 e. The lowest BCUT2D eigenvalue weighted by atomic mass is 9.96. The third kappa shape index (κ3) is 6.25. The van der Waals surface area contributed by atoms with E-state index in [2.05, 4.69) is 0 Å². The minimum absolute atomic E-state index is 0.0666. The molecule has 0 saturated carbocycles. The van der Waals surface area contributed by atoms with Crippen molar-refractivity contribution in [1.82, 2.24) is 4.90 Å². The number of benzene rings is 1. The monoisotopic (exact) mass is 502 g/mol. The summed E-state index contributed by atoms with van der Waals surface area (Å²) in [5.41, 5.74) is 6.03. The molecule has 0 aromatic heterocycles. The molecule has 1 aromatic carbocycles. The van der Waals surface area contributed by atoms with E-state index in [1.807, 2.05) is 20.8 Å². The number of thioether (sulfide) groups is 1. The molecule has 184 valence electrons. The van der Waals surface area contributed by atoms with Crippen molar-refractivity contribution in [3.8, 4) is 0 Å². The number of β-lactam (4-membered cyclic amide) rings is 1. The number of nitrogens with two attached hydrogens (primary N) is 1. The van der Waals surface area contributed by atoms with Crippen LogP contribution in [0.5, 0.6) is 0 Å². The molecule has 3 atom stereocenters. The molecular formula is C21H30N2O8S2. The van der Waals surface area contributed by atoms with Gasteiger partial charge in [0.15, 0.2) is 0 Å². The van der Waals surface area contributed by atoms with Crippen LogP contribution in [0.2, 0.25) is 0 Å². The second-order valence-electron chi connectivity index (χ2n) is 9.34. The summed E-state index contributed by atoms with van der Waals surface area (Å²) in [6.45, 7) is 10.2. The van der Waals surface area contributed by atoms with E-state index < -0.39 is 51.1 Å². The van der Waals surface area contributed by atoms with E-state index in [0.717, 1.165) is 5.56 Å². The van der Waals surface area contributed by atoms with Gasteiger partial charge in [-0.15, -0.1) is 11.8 Å². The summed E-state index contributed by atoms with van der Waals surface area (Å²) < 4.78 is 39.0. The molecule has 0 radical (unpaired) electrons. The number of esters is 2. The van der Waals surface area contributed by atoms with E-state index in [1.54, 1.807) is 32.9 Å². The number of fused-ring (bicyclic) bond motifs is 1. The second-order valence-corrected chi connectivity index (χ2v) is 12.5. The number of hydrogen-bond acceptors (Lipinski definition) is 9. The van der Waals surface area contributed by atoms with E-state index in [4.69, 9.17) is 19.8 Å². The summed E-state index contributed by atoms with van der Waals surface area (Å²) in [6.07, 6.45) is 0. The molecule has 1 amide bonds. The van der Waals surface area contributed by atoms with Crippen LogP contribution in [0.15, 0.2) is 29.2 Å². The average Bonchev–Trinajstić information content (AvgIpc) is 2.95. The largest absolute Gasteiger partial charge is 0.427 e. The Morgan fingerprint density at radius 2 is 1.73 bits per heavy atom. The van der Waals surface area contributed by atoms with Crippen molar-refractivity contribution in [1.29, 1.82) is 0 Å². The summed E-state index contributed by atoms with van der Waals surface area (Å²) >= 11 is 1.48. The van der Waals surface area contributed by atoms with Crippen LogP contribution in [0.4, 0.5) is 0 Å². The molecule has 0 aliphatic carbocycles. The molecule has 2 heterocycles. The van der Waals surface area contributed by atoms with Crippen LogP contribution in [0.25, 0.3) is 0 Å². The molecule has 12 heteroatoms. The average molecular weight is 503 g/mol. The Kier molecular flexibility index (Phi) is 7.89. The lowest BCUT2D eigenvalue weighted by Crippen LogP contribution is -2.68. The molecular weight excluding hydrogens is 472 g/mol. The Labute approximate surface area is 197 Å². The fourth-order valence-corrected chi connectivity index (χ4v) is 5.21. The Balaban J connectivity index is 0.000000294. The number of hydrogen-bond donors (Lipinski definition) is 2. The first-order valence-corrected chi connectivity index (χ1v) is 12.4. The van der Waals surface area contributed by atoms with Crippen LogP contribution < -0.4 is 5.73 Å². The molecule has 3 rings (SSSR count). The molecule has 1 aromatic rings. The highest BCUT2D eigenvalue weighted by atomic mass is 32.2. The SMILES string of the molecule is CC(C)(C)C(=O)OCOC(=O)C1N2C(=O)C(N)[C@H]2SC1(C)C.Cc1ccc(S(=O)(=O)O)cc1. The van der Waals surface area contributed by atoms with Gasteiger partial charge in [-0.1, -0.05) is 17.7 Å². The van der Waals surface area contributed by atoms with Gasteiger partial charge in [-0.05, 0) is 53.7 Å². The highest BCUT2D eigenvalue weighted by Crippen LogP contribution is 2.50. The standard InChI is InChI=1S/C14H22N2O5S.C7H8O3S/c1-13(2,3)12(19)21-6-20-11(18)8-14(4,5)22-10-7(15)9(17)16(8)10;1-6-2-4-7(5-3-6)11(8,9)10/h7-8,10H,6,15H2,1-5H3;2-5H,1H3,(H,8,9,10)/t7?,8?,10-;/m1./s1. The van der Waals surface area contributed by atoms with Gasteiger partial charge in [0.2, 0.25) is 12.7 Å². The predicted octanol–water partition coefficient (Wildman–Crippen LogP) is 1.71. The summed E-state index contributed by atoms with van der Waals surface area (Å²) in [5, 5.41) is -0.197. The van der Waals surface area contributed by atoms with Gasteiger partial charge < -0.3 is 20.1 Å². The number of aryl methyl sites for hydroxylation is 1. The highest BCUT2D eigenvalue weighted by Gasteiger charge is 2.63. The number of rotatable bonds is 4. The molecule has 0 bridgehead atoms. The Morgan fingerprint density at radius 1 is 1.18 bits per heavy atom. The van der Waals surface area contributed by atoms with Crippen LogP contribution >= 0.6 is 11.8 Å². The number of carbonyl (C=O) groups excluding carboxylic acids is 3. The topological polar surface area (TPSA) is 153 Å². The summed E-state index contributed by atoms with van der Waals surface area (Å²) in [4.78, 5) is 37.1. The summed E-state index contributed by atoms with van der Waals surface area (Å²) in [7, 11) is -4.02. The van der Waals surface area contributed by atoms with Gasteiger partial charge >= 0.3 is 11.9 Å². The van der Waals surface area contributed by atoms with Gasteiger partial charge in [-0.2, -0.15) is 8.42 Å². The molecule has 3 N–H and O–H groups in total. The zero-order valence-electron chi connectivity index (χ0n) is 19.4. The fourth-order valence-electron chi connectivity index (χ4n) is 3.17. The van der Waals surface area contributed by atoms with Crippen LogP contribution in [0.3, 0.4) is 0 Å². The Hall–Kier alpha value is -2.15. The van der Waals surface area contributed by atoms with Gasteiger partial charge in [0.05, 0.1) is 10.3 Å². The molecule has 10 nitrogen and oxygen atoms in total. The van der Waals surface area contributed by atoms with Gasteiger partial charge in [0.25, 0.3) is 10.1 Å². The molecule has 33 heavy (non-hydrogen) atoms. The quantitative estimate of drug-likeness (QED) is 0.269. The van der Waals surface area contributed by atoms with E-state index >= 15 is 0 Å². The van der Waals surface area contributed by atoms with Crippen molar-refractivity contribution in [2.75, 3.05) is 6.79 Å². The third-order valence-corrected chi connectivity index (χ3v) is 7.49. The third-order valence-electron chi connectivity index (χ3n) is 5.03. The van der Waals surface area contributed by atoms with E-state index in [1.165, 1.54) is 28.8 Å². The number of carbonyl (C=O) groups is 3. The van der Waals surface area contributed by atoms with E-state index in [9.17, 15) is 22.8 Å². The molecule has 2 saturated heterocycles. The molecule has 2 unspecified atom stereocenters. The number of amides is 1. The first-order chi connectivity index (χ1) is 15.0. The maximum absolute atomic E-state index is 12.3. The van der Waals surface area contributed by atoms with Gasteiger partial charge in [-0.3, -0.25) is 14.1 Å². The van der Waals surface area contributed by atoms with E-state index in [0.29, 0.717) is 0 Å². The van der Waals surface area contributed by atoms with Crippen molar-refractivity contribution in [3.63, 3.8) is 0 Å². The maximum Gasteiger partial charge on any atom is 0.333 e. The molecule has 2 aliphatic heterocycles. The van der Waals surface area contributed by atoms with Crippen molar-refractivity contribution in [2.45, 2.75) is 68.6 Å². The molecule has 0 spiro atoms. The van der Waals surface area contributed by atoms with Crippen molar-refractivity contribution >= 4 is 39.7 Å². The van der Waals surface area contributed by atoms with Crippen LogP contribution in [-0.2, 0) is 34.0 Å². The second kappa shape index (κ2) is 9.61. The molecule has 2 aliphatic rings. The zero-order chi connectivity index (χ0) is 25.4.